The Morgan fingerprint density at radius 3 is 1.56 bits per heavy atom. The van der Waals surface area contributed by atoms with E-state index in [0.29, 0.717) is 5.56 Å². The van der Waals surface area contributed by atoms with E-state index in [9.17, 15) is 21.9 Å². The van der Waals surface area contributed by atoms with Gasteiger partial charge >= 0.3 is 4.33 Å². The van der Waals surface area contributed by atoms with Crippen LogP contribution in [0.2, 0.25) is 0 Å². The van der Waals surface area contributed by atoms with Crippen molar-refractivity contribution in [1.29, 1.82) is 0 Å². The van der Waals surface area contributed by atoms with Crippen LogP contribution in [0.15, 0.2) is 107 Å². The molecule has 0 amide bonds. The van der Waals surface area contributed by atoms with Gasteiger partial charge in [-0.15, -0.1) is 0 Å². The number of hydrogen-bond donors (Lipinski definition) is 1. The molecule has 0 aliphatic heterocycles. The summed E-state index contributed by atoms with van der Waals surface area (Å²) < 4.78 is 67.3. The van der Waals surface area contributed by atoms with Crippen LogP contribution in [-0.4, -0.2) is 32.9 Å². The predicted molar refractivity (Wildman–Crippen MR) is 122 cm³/mol. The average molecular weight is 475 g/mol. The van der Waals surface area contributed by atoms with E-state index in [1.165, 1.54) is 36.4 Å². The van der Waals surface area contributed by atoms with Crippen molar-refractivity contribution in [1.82, 2.24) is 0 Å². The molecule has 1 atom stereocenters. The first-order chi connectivity index (χ1) is 15.2. The molecule has 0 spiro atoms. The first-order valence-corrected chi connectivity index (χ1v) is 12.8. The number of aliphatic hydroxyl groups is 1. The number of alkyl halides is 1. The number of aliphatic hydroxyl groups excluding tert-OH is 1. The lowest BCUT2D eigenvalue weighted by Gasteiger charge is -2.31. The number of benzene rings is 3. The molecular formula is C24H23FO5S2. The number of hydrogen-bond acceptors (Lipinski definition) is 5. The zero-order chi connectivity index (χ0) is 23.2. The third-order valence-electron chi connectivity index (χ3n) is 5.04. The molecule has 3 rings (SSSR count). The molecule has 1 N–H and O–H groups in total. The van der Waals surface area contributed by atoms with E-state index in [1.807, 2.05) is 0 Å². The fourth-order valence-corrected chi connectivity index (χ4v) is 7.97. The highest BCUT2D eigenvalue weighted by molar-refractivity contribution is 8.10. The molecule has 3 aromatic rings. The minimum absolute atomic E-state index is 0.419. The third-order valence-corrected chi connectivity index (χ3v) is 10.2. The van der Waals surface area contributed by atoms with E-state index >= 15 is 4.39 Å². The summed E-state index contributed by atoms with van der Waals surface area (Å²) in [6, 6.07) is 22.0. The van der Waals surface area contributed by atoms with Gasteiger partial charge in [0.15, 0.2) is 0 Å². The predicted octanol–water partition coefficient (Wildman–Crippen LogP) is 4.27. The lowest BCUT2D eigenvalue weighted by molar-refractivity contribution is 0.220. The van der Waals surface area contributed by atoms with Crippen molar-refractivity contribution in [3.63, 3.8) is 0 Å². The van der Waals surface area contributed by atoms with Crippen molar-refractivity contribution >= 4 is 25.8 Å². The van der Waals surface area contributed by atoms with Gasteiger partial charge in [0.1, 0.15) is 0 Å². The molecule has 0 unspecified atom stereocenters. The van der Waals surface area contributed by atoms with Crippen molar-refractivity contribution in [2.45, 2.75) is 20.5 Å². The molecule has 0 aliphatic carbocycles. The fraction of sp³-hybridized carbons (Fsp3) is 0.167. The van der Waals surface area contributed by atoms with Crippen LogP contribution in [0, 0.1) is 5.92 Å². The Bertz CT molecular complexity index is 1190. The van der Waals surface area contributed by atoms with Gasteiger partial charge in [0.2, 0.25) is 19.7 Å². The topological polar surface area (TPSA) is 88.5 Å². The summed E-state index contributed by atoms with van der Waals surface area (Å²) in [5.74, 6) is -1.68. The first kappa shape index (κ1) is 23.8. The van der Waals surface area contributed by atoms with E-state index in [0.717, 1.165) is 24.3 Å². The van der Waals surface area contributed by atoms with Gasteiger partial charge in [-0.05, 0) is 36.2 Å². The Morgan fingerprint density at radius 1 is 0.750 bits per heavy atom. The molecule has 8 heteroatoms. The van der Waals surface area contributed by atoms with Gasteiger partial charge in [-0.25, -0.2) is 21.2 Å². The van der Waals surface area contributed by atoms with Crippen LogP contribution in [0.3, 0.4) is 0 Å². The van der Waals surface area contributed by atoms with Crippen molar-refractivity contribution in [2.24, 2.45) is 5.92 Å². The summed E-state index contributed by atoms with van der Waals surface area (Å²) in [7, 11) is -10.1. The number of sulfone groups is 2. The standard InChI is InChI=1S/C24H23FO5S2/c25-24(31(27,28)22-12-6-2-7-13-22,32(29,30)23-14-8-3-9-15-23)21(18-19-26)17-16-20-10-4-1-5-11-20/h1-17,21,26H,18-19H2/b17-16+/t21-/m1/s1. The normalized spacial score (nSPS) is 13.8. The minimum atomic E-state index is -5.05. The lowest BCUT2D eigenvalue weighted by Crippen LogP contribution is -2.48. The molecule has 0 radical (unpaired) electrons. The lowest BCUT2D eigenvalue weighted by atomic mass is 10.0. The van der Waals surface area contributed by atoms with Gasteiger partial charge in [0.25, 0.3) is 0 Å². The highest BCUT2D eigenvalue weighted by Crippen LogP contribution is 2.44. The SMILES string of the molecule is O=S(=O)(c1ccccc1)C(F)([C@H](/C=C/c1ccccc1)CCO)S(=O)(=O)c1ccccc1. The summed E-state index contributed by atoms with van der Waals surface area (Å²) in [6.07, 6.45) is 2.24. The maximum atomic E-state index is 16.9. The zero-order valence-electron chi connectivity index (χ0n) is 17.1. The van der Waals surface area contributed by atoms with Gasteiger partial charge in [-0.3, -0.25) is 0 Å². The van der Waals surface area contributed by atoms with Crippen LogP contribution in [0.4, 0.5) is 4.39 Å². The van der Waals surface area contributed by atoms with Crippen LogP contribution in [0.1, 0.15) is 12.0 Å². The van der Waals surface area contributed by atoms with Crippen LogP contribution >= 0.6 is 0 Å². The number of rotatable bonds is 9. The number of allylic oxidation sites excluding steroid dienone is 1. The molecule has 0 bridgehead atoms. The highest BCUT2D eigenvalue weighted by atomic mass is 32.3. The van der Waals surface area contributed by atoms with Crippen molar-refractivity contribution in [2.75, 3.05) is 6.61 Å². The molecule has 0 saturated heterocycles. The molecule has 0 fully saturated rings. The van der Waals surface area contributed by atoms with Crippen molar-refractivity contribution < 1.29 is 26.3 Å². The summed E-state index contributed by atoms with van der Waals surface area (Å²) in [6.45, 7) is -0.607. The van der Waals surface area contributed by atoms with E-state index in [4.69, 9.17) is 0 Å². The van der Waals surface area contributed by atoms with Gasteiger partial charge in [0, 0.05) is 12.5 Å². The van der Waals surface area contributed by atoms with E-state index in [1.54, 1.807) is 42.5 Å². The highest BCUT2D eigenvalue weighted by Gasteiger charge is 2.61. The quantitative estimate of drug-likeness (QED) is 0.500. The summed E-state index contributed by atoms with van der Waals surface area (Å²) >= 11 is 0. The monoisotopic (exact) mass is 474 g/mol. The molecule has 5 nitrogen and oxygen atoms in total. The second-order valence-corrected chi connectivity index (χ2v) is 11.5. The van der Waals surface area contributed by atoms with Gasteiger partial charge in [-0.2, -0.15) is 0 Å². The Hall–Kier alpha value is -2.81. The minimum Gasteiger partial charge on any atom is -0.396 e. The molecule has 0 heterocycles. The smallest absolute Gasteiger partial charge is 0.323 e. The molecule has 32 heavy (non-hydrogen) atoms. The molecule has 0 aliphatic rings. The van der Waals surface area contributed by atoms with Crippen LogP contribution < -0.4 is 0 Å². The second-order valence-electron chi connectivity index (χ2n) is 7.10. The largest absolute Gasteiger partial charge is 0.396 e. The average Bonchev–Trinajstić information content (AvgIpc) is 2.82. The van der Waals surface area contributed by atoms with Crippen LogP contribution in [-0.2, 0) is 19.7 Å². The van der Waals surface area contributed by atoms with E-state index < -0.39 is 52.7 Å². The van der Waals surface area contributed by atoms with Gasteiger partial charge < -0.3 is 5.11 Å². The summed E-state index contributed by atoms with van der Waals surface area (Å²) in [4.78, 5) is -0.920. The van der Waals surface area contributed by atoms with Crippen molar-refractivity contribution in [3.05, 3.63) is 103 Å². The van der Waals surface area contributed by atoms with Crippen LogP contribution in [0.25, 0.3) is 6.08 Å². The number of halogens is 1. The maximum Gasteiger partial charge on any atom is 0.323 e. The fourth-order valence-electron chi connectivity index (χ4n) is 3.38. The Labute approximate surface area is 187 Å². The summed E-state index contributed by atoms with van der Waals surface area (Å²) in [5.41, 5.74) is 0.631. The molecule has 3 aromatic carbocycles. The van der Waals surface area contributed by atoms with Crippen molar-refractivity contribution in [3.8, 4) is 0 Å². The van der Waals surface area contributed by atoms with E-state index in [-0.39, 0.29) is 0 Å². The first-order valence-electron chi connectivity index (χ1n) is 9.87. The summed E-state index contributed by atoms with van der Waals surface area (Å²) in [5, 5.41) is 9.58. The van der Waals surface area contributed by atoms with Gasteiger partial charge in [0.05, 0.1) is 9.79 Å². The Kier molecular flexibility index (Phi) is 7.28. The maximum absolute atomic E-state index is 16.9. The van der Waals surface area contributed by atoms with Gasteiger partial charge in [-0.1, -0.05) is 78.9 Å². The Balaban J connectivity index is 2.26. The molecule has 168 valence electrons. The molecule has 0 aromatic heterocycles. The third kappa shape index (κ3) is 4.39. The molecular weight excluding hydrogens is 451 g/mol. The molecule has 0 saturated carbocycles. The zero-order valence-corrected chi connectivity index (χ0v) is 18.7. The van der Waals surface area contributed by atoms with Crippen LogP contribution in [0.5, 0.6) is 0 Å². The Morgan fingerprint density at radius 2 is 1.16 bits per heavy atom. The van der Waals surface area contributed by atoms with E-state index in [2.05, 4.69) is 0 Å². The second kappa shape index (κ2) is 9.77.